The number of hydrogen-bond acceptors (Lipinski definition) is 3. The molecule has 0 unspecified atom stereocenters. The van der Waals surface area contributed by atoms with Gasteiger partial charge in [0, 0.05) is 18.8 Å². The molecule has 1 rings (SSSR count). The highest BCUT2D eigenvalue weighted by Crippen LogP contribution is 2.21. The molecule has 1 aliphatic heterocycles. The molecule has 1 amide bonds. The van der Waals surface area contributed by atoms with Crippen LogP contribution in [-0.4, -0.2) is 40.4 Å². The van der Waals surface area contributed by atoms with Crippen LogP contribution in [0.3, 0.4) is 0 Å². The third kappa shape index (κ3) is 3.08. The van der Waals surface area contributed by atoms with E-state index in [1.165, 1.54) is 0 Å². The lowest BCUT2D eigenvalue weighted by atomic mass is 9.91. The Bertz CT molecular complexity index is 258. The second-order valence-electron chi connectivity index (χ2n) is 4.25. The first-order chi connectivity index (χ1) is 6.96. The van der Waals surface area contributed by atoms with Crippen molar-refractivity contribution in [1.29, 1.82) is 0 Å². The molecular formula is C10H18N2OS2. The summed E-state index contributed by atoms with van der Waals surface area (Å²) in [7, 11) is 0. The highest BCUT2D eigenvalue weighted by atomic mass is 32.2. The summed E-state index contributed by atoms with van der Waals surface area (Å²) in [5.41, 5.74) is 4.89. The predicted molar refractivity (Wildman–Crippen MR) is 69.1 cm³/mol. The zero-order chi connectivity index (χ0) is 11.5. The fraction of sp³-hybridized carbons (Fsp3) is 0.800. The smallest absolute Gasteiger partial charge is 0.235 e. The first-order valence-electron chi connectivity index (χ1n) is 5.13. The van der Waals surface area contributed by atoms with Crippen LogP contribution in [0.2, 0.25) is 0 Å². The first kappa shape index (κ1) is 12.8. The monoisotopic (exact) mass is 246 g/mol. The third-order valence-corrected chi connectivity index (χ3v) is 4.22. The van der Waals surface area contributed by atoms with E-state index in [-0.39, 0.29) is 10.9 Å². The molecule has 0 aliphatic carbocycles. The average molecular weight is 246 g/mol. The number of amides is 1. The zero-order valence-electron chi connectivity index (χ0n) is 9.28. The van der Waals surface area contributed by atoms with Crippen LogP contribution in [0.25, 0.3) is 0 Å². The van der Waals surface area contributed by atoms with Gasteiger partial charge in [0.2, 0.25) is 5.91 Å². The Hall–Kier alpha value is -0.290. The summed E-state index contributed by atoms with van der Waals surface area (Å²) in [4.78, 5) is 14.3. The predicted octanol–water partition coefficient (Wildman–Crippen LogP) is 1.26. The summed E-state index contributed by atoms with van der Waals surface area (Å²) in [5.74, 6) is 2.22. The van der Waals surface area contributed by atoms with Gasteiger partial charge in [0.25, 0.3) is 0 Å². The lowest BCUT2D eigenvalue weighted by Gasteiger charge is -2.30. The summed E-state index contributed by atoms with van der Waals surface area (Å²) in [6, 6.07) is 0. The largest absolute Gasteiger partial charge is 0.392 e. The van der Waals surface area contributed by atoms with Crippen molar-refractivity contribution in [3.05, 3.63) is 0 Å². The molecule has 0 spiro atoms. The molecule has 0 saturated carbocycles. The quantitative estimate of drug-likeness (QED) is 0.745. The molecule has 2 N–H and O–H groups in total. The van der Waals surface area contributed by atoms with Gasteiger partial charge >= 0.3 is 0 Å². The number of thiocarbonyl (C=S) groups is 1. The van der Waals surface area contributed by atoms with Crippen molar-refractivity contribution in [3.8, 4) is 0 Å². The number of hydrogen-bond donors (Lipinski definition) is 1. The van der Waals surface area contributed by atoms with E-state index in [0.717, 1.165) is 31.0 Å². The molecule has 1 saturated heterocycles. The number of thioether (sulfide) groups is 1. The SMILES string of the molecule is CC(C)(C(=O)N1CCCSCC1)C(N)=S. The molecule has 1 fully saturated rings. The number of carbonyl (C=O) groups is 1. The molecule has 0 aromatic rings. The van der Waals surface area contributed by atoms with Crippen molar-refractivity contribution in [2.75, 3.05) is 24.6 Å². The minimum Gasteiger partial charge on any atom is -0.392 e. The fourth-order valence-corrected chi connectivity index (χ4v) is 2.42. The first-order valence-corrected chi connectivity index (χ1v) is 6.69. The normalized spacial score (nSPS) is 18.4. The van der Waals surface area contributed by atoms with Gasteiger partial charge in [0.05, 0.1) is 10.4 Å². The maximum Gasteiger partial charge on any atom is 0.235 e. The van der Waals surface area contributed by atoms with E-state index in [9.17, 15) is 4.79 Å². The average Bonchev–Trinajstić information content (AvgIpc) is 2.44. The van der Waals surface area contributed by atoms with E-state index in [2.05, 4.69) is 0 Å². The molecule has 0 aromatic carbocycles. The van der Waals surface area contributed by atoms with Crippen LogP contribution in [0, 0.1) is 5.41 Å². The molecule has 1 heterocycles. The minimum absolute atomic E-state index is 0.0671. The molecule has 3 nitrogen and oxygen atoms in total. The van der Waals surface area contributed by atoms with Crippen LogP contribution in [0.1, 0.15) is 20.3 Å². The highest BCUT2D eigenvalue weighted by Gasteiger charge is 2.34. The van der Waals surface area contributed by atoms with Crippen molar-refractivity contribution in [3.63, 3.8) is 0 Å². The molecule has 0 aromatic heterocycles. The summed E-state index contributed by atoms with van der Waals surface area (Å²) < 4.78 is 0. The van der Waals surface area contributed by atoms with Crippen LogP contribution in [0.5, 0.6) is 0 Å². The zero-order valence-corrected chi connectivity index (χ0v) is 10.9. The van der Waals surface area contributed by atoms with Crippen molar-refractivity contribution in [1.82, 2.24) is 4.90 Å². The van der Waals surface area contributed by atoms with Gasteiger partial charge in [-0.1, -0.05) is 12.2 Å². The van der Waals surface area contributed by atoms with Crippen LogP contribution < -0.4 is 5.73 Å². The van der Waals surface area contributed by atoms with Gasteiger partial charge in [0.1, 0.15) is 0 Å². The maximum absolute atomic E-state index is 12.2. The van der Waals surface area contributed by atoms with Crippen LogP contribution >= 0.6 is 24.0 Å². The molecule has 1 aliphatic rings. The van der Waals surface area contributed by atoms with Crippen LogP contribution in [-0.2, 0) is 4.79 Å². The molecule has 0 atom stereocenters. The molecule has 0 radical (unpaired) electrons. The van der Waals surface area contributed by atoms with Gasteiger partial charge < -0.3 is 10.6 Å². The lowest BCUT2D eigenvalue weighted by Crippen LogP contribution is -2.47. The van der Waals surface area contributed by atoms with Gasteiger partial charge in [-0.15, -0.1) is 0 Å². The fourth-order valence-electron chi connectivity index (χ4n) is 1.45. The Morgan fingerprint density at radius 2 is 2.07 bits per heavy atom. The van der Waals surface area contributed by atoms with Gasteiger partial charge in [-0.25, -0.2) is 0 Å². The van der Waals surface area contributed by atoms with E-state index >= 15 is 0 Å². The molecular weight excluding hydrogens is 228 g/mol. The summed E-state index contributed by atoms with van der Waals surface area (Å²) in [6.45, 7) is 5.25. The molecule has 86 valence electrons. The van der Waals surface area contributed by atoms with Gasteiger partial charge in [0.15, 0.2) is 0 Å². The number of carbonyl (C=O) groups excluding carboxylic acids is 1. The number of nitrogens with zero attached hydrogens (tertiary/aromatic N) is 1. The van der Waals surface area contributed by atoms with Gasteiger partial charge in [-0.3, -0.25) is 4.79 Å². The van der Waals surface area contributed by atoms with E-state index in [1.54, 1.807) is 13.8 Å². The van der Waals surface area contributed by atoms with Crippen molar-refractivity contribution >= 4 is 34.9 Å². The van der Waals surface area contributed by atoms with Gasteiger partial charge in [-0.2, -0.15) is 11.8 Å². The van der Waals surface area contributed by atoms with Crippen molar-refractivity contribution in [2.24, 2.45) is 11.1 Å². The molecule has 15 heavy (non-hydrogen) atoms. The lowest BCUT2D eigenvalue weighted by molar-refractivity contribution is -0.136. The molecule has 0 bridgehead atoms. The number of nitrogens with two attached hydrogens (primary N) is 1. The Balaban J connectivity index is 2.69. The Labute approximate surface area is 101 Å². The van der Waals surface area contributed by atoms with Crippen LogP contribution in [0.4, 0.5) is 0 Å². The second kappa shape index (κ2) is 5.16. The summed E-state index contributed by atoms with van der Waals surface area (Å²) in [5, 5.41) is 0. The number of rotatable bonds is 2. The van der Waals surface area contributed by atoms with E-state index in [4.69, 9.17) is 18.0 Å². The third-order valence-electron chi connectivity index (χ3n) is 2.66. The topological polar surface area (TPSA) is 46.3 Å². The van der Waals surface area contributed by atoms with E-state index in [1.807, 2.05) is 16.7 Å². The summed E-state index contributed by atoms with van der Waals surface area (Å²) >= 11 is 6.83. The standard InChI is InChI=1S/C10H18N2OS2/c1-10(2,8(11)14)9(13)12-4-3-6-15-7-5-12/h3-7H2,1-2H3,(H2,11,14). The molecule has 5 heteroatoms. The van der Waals surface area contributed by atoms with Gasteiger partial charge in [-0.05, 0) is 26.0 Å². The van der Waals surface area contributed by atoms with Crippen molar-refractivity contribution in [2.45, 2.75) is 20.3 Å². The van der Waals surface area contributed by atoms with Crippen LogP contribution in [0.15, 0.2) is 0 Å². The van der Waals surface area contributed by atoms with Crippen molar-refractivity contribution < 1.29 is 4.79 Å². The Morgan fingerprint density at radius 1 is 1.40 bits per heavy atom. The van der Waals surface area contributed by atoms with E-state index < -0.39 is 5.41 Å². The summed E-state index contributed by atoms with van der Waals surface area (Å²) in [6.07, 6.45) is 1.06. The Kier molecular flexibility index (Phi) is 4.40. The maximum atomic E-state index is 12.2. The highest BCUT2D eigenvalue weighted by molar-refractivity contribution is 7.99. The minimum atomic E-state index is -0.704. The Morgan fingerprint density at radius 3 is 2.67 bits per heavy atom. The second-order valence-corrected chi connectivity index (χ2v) is 5.91. The van der Waals surface area contributed by atoms with E-state index in [0.29, 0.717) is 0 Å².